The zero-order chi connectivity index (χ0) is 19.1. The highest BCUT2D eigenvalue weighted by molar-refractivity contribution is 7.13. The number of carbonyl (C=O) groups excluding carboxylic acids is 1. The number of hydrogen-bond donors (Lipinski definition) is 2. The highest BCUT2D eigenvalue weighted by Crippen LogP contribution is 2.24. The number of esters is 1. The van der Waals surface area contributed by atoms with Crippen LogP contribution in [0.3, 0.4) is 0 Å². The third kappa shape index (κ3) is 5.05. The number of thiazole rings is 1. The summed E-state index contributed by atoms with van der Waals surface area (Å²) in [4.78, 5) is 21.3. The number of carbonyl (C=O) groups is 1. The zero-order valence-corrected chi connectivity index (χ0v) is 16.7. The summed E-state index contributed by atoms with van der Waals surface area (Å²) in [5, 5.41) is 7.46. The Labute approximate surface area is 158 Å². The van der Waals surface area contributed by atoms with Gasteiger partial charge in [-0.3, -0.25) is 4.99 Å². The number of guanidine groups is 1. The average molecular weight is 375 g/mol. The molecule has 0 saturated carbocycles. The summed E-state index contributed by atoms with van der Waals surface area (Å²) in [6.45, 7) is 8.74. The lowest BCUT2D eigenvalue weighted by molar-refractivity contribution is 0.0531. The van der Waals surface area contributed by atoms with E-state index in [1.165, 1.54) is 22.5 Å². The van der Waals surface area contributed by atoms with Gasteiger partial charge < -0.3 is 15.4 Å². The number of aryl methyl sites for hydroxylation is 2. The largest absolute Gasteiger partial charge is 0.462 e. The second-order valence-electron chi connectivity index (χ2n) is 5.91. The molecular weight excluding hydrogens is 348 g/mol. The van der Waals surface area contributed by atoms with Crippen LogP contribution in [0.15, 0.2) is 29.3 Å². The Hall–Kier alpha value is -2.41. The van der Waals surface area contributed by atoms with E-state index in [9.17, 15) is 4.79 Å². The van der Waals surface area contributed by atoms with Gasteiger partial charge in [0.15, 0.2) is 5.96 Å². The molecule has 0 aliphatic heterocycles. The van der Waals surface area contributed by atoms with Gasteiger partial charge in [-0.2, -0.15) is 0 Å². The van der Waals surface area contributed by atoms with Crippen molar-refractivity contribution in [1.82, 2.24) is 15.6 Å². The van der Waals surface area contributed by atoms with Crippen molar-refractivity contribution in [2.45, 2.75) is 40.3 Å². The second kappa shape index (κ2) is 9.33. The predicted octanol–water partition coefficient (Wildman–Crippen LogP) is 3.36. The van der Waals surface area contributed by atoms with Crippen molar-refractivity contribution in [2.75, 3.05) is 13.7 Å². The van der Waals surface area contributed by atoms with Gasteiger partial charge in [0.1, 0.15) is 9.88 Å². The second-order valence-corrected chi connectivity index (χ2v) is 6.94. The summed E-state index contributed by atoms with van der Waals surface area (Å²) in [5.41, 5.74) is 3.15. The molecule has 1 unspecified atom stereocenters. The first-order valence-electron chi connectivity index (χ1n) is 8.62. The van der Waals surface area contributed by atoms with Gasteiger partial charge in [-0.25, -0.2) is 9.78 Å². The Kier molecular flexibility index (Phi) is 7.15. The Morgan fingerprint density at radius 1 is 1.35 bits per heavy atom. The van der Waals surface area contributed by atoms with Gasteiger partial charge in [0, 0.05) is 13.6 Å². The summed E-state index contributed by atoms with van der Waals surface area (Å²) in [5.74, 6) is 0.370. The Balaban J connectivity index is 2.01. The van der Waals surface area contributed by atoms with Crippen LogP contribution in [0.5, 0.6) is 0 Å². The van der Waals surface area contributed by atoms with Crippen LogP contribution in [0.1, 0.15) is 51.4 Å². The van der Waals surface area contributed by atoms with Crippen LogP contribution in [0.2, 0.25) is 0 Å². The SMILES string of the molecule is CCOC(=O)c1sc(C(C)NC(=NC)NCc2ccccc2C)nc1C. The monoisotopic (exact) mass is 374 g/mol. The van der Waals surface area contributed by atoms with Gasteiger partial charge in [-0.15, -0.1) is 11.3 Å². The molecule has 1 aromatic heterocycles. The van der Waals surface area contributed by atoms with Gasteiger partial charge in [0.25, 0.3) is 0 Å². The first-order chi connectivity index (χ1) is 12.5. The number of aliphatic imine (C=N–C) groups is 1. The van der Waals surface area contributed by atoms with Crippen LogP contribution in [0.25, 0.3) is 0 Å². The fourth-order valence-corrected chi connectivity index (χ4v) is 3.40. The van der Waals surface area contributed by atoms with Gasteiger partial charge >= 0.3 is 5.97 Å². The van der Waals surface area contributed by atoms with E-state index in [0.29, 0.717) is 29.7 Å². The van der Waals surface area contributed by atoms with Gasteiger partial charge in [-0.05, 0) is 38.8 Å². The number of benzene rings is 1. The normalized spacial score (nSPS) is 12.6. The number of ether oxygens (including phenoxy) is 1. The van der Waals surface area contributed by atoms with Crippen molar-refractivity contribution < 1.29 is 9.53 Å². The van der Waals surface area contributed by atoms with Gasteiger partial charge in [-0.1, -0.05) is 24.3 Å². The van der Waals surface area contributed by atoms with Gasteiger partial charge in [0.05, 0.1) is 18.3 Å². The number of nitrogens with one attached hydrogen (secondary N) is 2. The number of nitrogens with zero attached hydrogens (tertiary/aromatic N) is 2. The van der Waals surface area contributed by atoms with E-state index >= 15 is 0 Å². The number of rotatable bonds is 6. The van der Waals surface area contributed by atoms with Crippen molar-refractivity contribution in [1.29, 1.82) is 0 Å². The van der Waals surface area contributed by atoms with E-state index in [1.54, 1.807) is 14.0 Å². The molecule has 0 aliphatic carbocycles. The molecule has 0 saturated heterocycles. The molecule has 0 aliphatic rings. The van der Waals surface area contributed by atoms with Crippen LogP contribution < -0.4 is 10.6 Å². The third-order valence-corrected chi connectivity index (χ3v) is 5.25. The average Bonchev–Trinajstić information content (AvgIpc) is 3.02. The van der Waals surface area contributed by atoms with E-state index in [0.717, 1.165) is 5.01 Å². The van der Waals surface area contributed by atoms with E-state index in [2.05, 4.69) is 39.7 Å². The highest BCUT2D eigenvalue weighted by atomic mass is 32.1. The van der Waals surface area contributed by atoms with Crippen molar-refractivity contribution in [3.8, 4) is 0 Å². The molecule has 2 rings (SSSR count). The quantitative estimate of drug-likeness (QED) is 0.461. The summed E-state index contributed by atoms with van der Waals surface area (Å²) in [6.07, 6.45) is 0. The van der Waals surface area contributed by atoms with Crippen LogP contribution in [-0.2, 0) is 11.3 Å². The third-order valence-electron chi connectivity index (χ3n) is 3.93. The maximum Gasteiger partial charge on any atom is 0.350 e. The zero-order valence-electron chi connectivity index (χ0n) is 15.9. The standard InChI is InChI=1S/C19H26N4O2S/c1-6-25-18(24)16-13(3)22-17(26-16)14(4)23-19(20-5)21-11-15-10-8-7-9-12(15)2/h7-10,14H,6,11H2,1-5H3,(H2,20,21,23). The lowest BCUT2D eigenvalue weighted by Crippen LogP contribution is -2.38. The fraction of sp³-hybridized carbons (Fsp3) is 0.421. The van der Waals surface area contributed by atoms with E-state index in [1.807, 2.05) is 26.0 Å². The minimum atomic E-state index is -0.317. The Morgan fingerprint density at radius 2 is 2.08 bits per heavy atom. The molecule has 140 valence electrons. The van der Waals surface area contributed by atoms with E-state index < -0.39 is 0 Å². The summed E-state index contributed by atoms with van der Waals surface area (Å²) in [6, 6.07) is 8.16. The van der Waals surface area contributed by atoms with Crippen molar-refractivity contribution in [2.24, 2.45) is 4.99 Å². The van der Waals surface area contributed by atoms with E-state index in [4.69, 9.17) is 4.74 Å². The number of aromatic nitrogens is 1. The highest BCUT2D eigenvalue weighted by Gasteiger charge is 2.20. The minimum absolute atomic E-state index is 0.0788. The summed E-state index contributed by atoms with van der Waals surface area (Å²) < 4.78 is 5.08. The molecule has 1 heterocycles. The molecule has 7 heteroatoms. The van der Waals surface area contributed by atoms with E-state index in [-0.39, 0.29) is 12.0 Å². The maximum absolute atomic E-state index is 12.0. The Bertz CT molecular complexity index is 786. The molecule has 2 N–H and O–H groups in total. The molecule has 0 spiro atoms. The summed E-state index contributed by atoms with van der Waals surface area (Å²) in [7, 11) is 1.73. The first-order valence-corrected chi connectivity index (χ1v) is 9.44. The molecule has 0 bridgehead atoms. The Morgan fingerprint density at radius 3 is 2.73 bits per heavy atom. The van der Waals surface area contributed by atoms with Crippen LogP contribution in [-0.4, -0.2) is 30.6 Å². The molecule has 26 heavy (non-hydrogen) atoms. The molecule has 1 atom stereocenters. The topological polar surface area (TPSA) is 75.6 Å². The van der Waals surface area contributed by atoms with Gasteiger partial charge in [0.2, 0.25) is 0 Å². The molecule has 0 radical (unpaired) electrons. The van der Waals surface area contributed by atoms with Crippen molar-refractivity contribution in [3.63, 3.8) is 0 Å². The van der Waals surface area contributed by atoms with Crippen LogP contribution in [0, 0.1) is 13.8 Å². The molecule has 0 fully saturated rings. The molecule has 1 aromatic carbocycles. The summed E-state index contributed by atoms with van der Waals surface area (Å²) >= 11 is 1.35. The number of hydrogen-bond acceptors (Lipinski definition) is 5. The van der Waals surface area contributed by atoms with Crippen LogP contribution >= 0.6 is 11.3 Å². The molecular formula is C19H26N4O2S. The lowest BCUT2D eigenvalue weighted by atomic mass is 10.1. The minimum Gasteiger partial charge on any atom is -0.462 e. The molecule has 0 amide bonds. The lowest BCUT2D eigenvalue weighted by Gasteiger charge is -2.17. The predicted molar refractivity (Wildman–Crippen MR) is 106 cm³/mol. The smallest absolute Gasteiger partial charge is 0.350 e. The van der Waals surface area contributed by atoms with Crippen LogP contribution in [0.4, 0.5) is 0 Å². The molecule has 2 aromatic rings. The fourth-order valence-electron chi connectivity index (χ4n) is 2.44. The first kappa shape index (κ1) is 19.9. The maximum atomic E-state index is 12.0. The van der Waals surface area contributed by atoms with Crippen molar-refractivity contribution >= 4 is 23.3 Å². The van der Waals surface area contributed by atoms with Crippen molar-refractivity contribution in [3.05, 3.63) is 51.0 Å². The molecule has 6 nitrogen and oxygen atoms in total.